The Hall–Kier alpha value is -1.77. The molecule has 2 aromatic rings. The van der Waals surface area contributed by atoms with Gasteiger partial charge in [-0.25, -0.2) is 0 Å². The quantitative estimate of drug-likeness (QED) is 0.726. The minimum Gasteiger partial charge on any atom is -0.493 e. The van der Waals surface area contributed by atoms with Gasteiger partial charge in [-0.3, -0.25) is 4.98 Å². The predicted octanol–water partition coefficient (Wildman–Crippen LogP) is 2.05. The molecular weight excluding hydrogens is 178 g/mol. The molecule has 0 spiro atoms. The summed E-state index contributed by atoms with van der Waals surface area (Å²) in [4.78, 5) is 4.04. The van der Waals surface area contributed by atoms with Crippen LogP contribution in [-0.4, -0.2) is 19.2 Å². The molecule has 1 radical (unpaired) electrons. The summed E-state index contributed by atoms with van der Waals surface area (Å²) < 4.78 is 17.7. The summed E-state index contributed by atoms with van der Waals surface area (Å²) in [5.41, 5.74) is 0.705. The average molecular weight is 190 g/mol. The first-order chi connectivity index (χ1) is 7.24. The van der Waals surface area contributed by atoms with Gasteiger partial charge in [-0.1, -0.05) is 0 Å². The molecule has 2 rings (SSSR count). The molecule has 1 aromatic heterocycles. The number of nitrogens with zero attached hydrogens (tertiary/aromatic N) is 1. The number of aromatic nitrogens is 1. The summed E-state index contributed by atoms with van der Waals surface area (Å²) in [6.07, 6.45) is 0.120. The molecule has 0 aliphatic rings. The Morgan fingerprint density at radius 3 is 2.71 bits per heavy atom. The van der Waals surface area contributed by atoms with Gasteiger partial charge in [-0.15, -0.1) is 0 Å². The third kappa shape index (κ3) is 1.37. The van der Waals surface area contributed by atoms with Crippen molar-refractivity contribution in [3.63, 3.8) is 0 Å². The molecule has 0 fully saturated rings. The lowest BCUT2D eigenvalue weighted by molar-refractivity contribution is 0.356. The van der Waals surface area contributed by atoms with Crippen LogP contribution in [0.3, 0.4) is 0 Å². The van der Waals surface area contributed by atoms with Gasteiger partial charge in [0.05, 0.1) is 21.1 Å². The zero-order chi connectivity index (χ0) is 10.8. The predicted molar refractivity (Wildman–Crippen MR) is 53.7 cm³/mol. The molecule has 0 bridgehead atoms. The lowest BCUT2D eigenvalue weighted by atomic mass is 10.2. The Morgan fingerprint density at radius 2 is 2.00 bits per heavy atom. The number of hydrogen-bond acceptors (Lipinski definition) is 3. The fourth-order valence-electron chi connectivity index (χ4n) is 1.30. The van der Waals surface area contributed by atoms with Crippen molar-refractivity contribution >= 4 is 10.9 Å². The van der Waals surface area contributed by atoms with E-state index < -0.39 is 0 Å². The van der Waals surface area contributed by atoms with Gasteiger partial charge in [0.1, 0.15) is 0 Å². The van der Waals surface area contributed by atoms with Gasteiger partial charge in [0.25, 0.3) is 0 Å². The molecule has 0 amide bonds. The Balaban J connectivity index is 2.69. The zero-order valence-electron chi connectivity index (χ0n) is 9.00. The Labute approximate surface area is 83.7 Å². The van der Waals surface area contributed by atoms with Crippen molar-refractivity contribution in [2.75, 3.05) is 14.2 Å². The largest absolute Gasteiger partial charge is 0.493 e. The number of rotatable bonds is 2. The standard InChI is InChI=1S/C11H10NO2/c1-13-10-6-8-4-3-5-12-9(8)7-11(10)14-2/h4-7H,1-2H3/i5T. The highest BCUT2D eigenvalue weighted by molar-refractivity contribution is 5.82. The van der Waals surface area contributed by atoms with Crippen LogP contribution in [0.2, 0.25) is 0 Å². The molecule has 0 atom stereocenters. The van der Waals surface area contributed by atoms with Crippen molar-refractivity contribution in [1.29, 1.82) is 0 Å². The van der Waals surface area contributed by atoms with E-state index in [0.29, 0.717) is 17.0 Å². The van der Waals surface area contributed by atoms with Crippen LogP contribution in [-0.2, 0) is 0 Å². The van der Waals surface area contributed by atoms with Crippen LogP contribution in [0.1, 0.15) is 1.37 Å². The molecule has 1 aromatic carbocycles. The van der Waals surface area contributed by atoms with E-state index in [9.17, 15) is 0 Å². The second kappa shape index (κ2) is 3.54. The second-order valence-electron chi connectivity index (χ2n) is 2.78. The molecule has 3 nitrogen and oxygen atoms in total. The van der Waals surface area contributed by atoms with Crippen molar-refractivity contribution in [2.24, 2.45) is 0 Å². The SMILES string of the molecule is [3H]c1[c]cc2cc(OC)c(OC)cc2n1. The van der Waals surface area contributed by atoms with Gasteiger partial charge >= 0.3 is 0 Å². The first-order valence-electron chi connectivity index (χ1n) is 4.65. The van der Waals surface area contributed by atoms with Crippen LogP contribution in [0.15, 0.2) is 24.4 Å². The molecule has 0 aliphatic carbocycles. The average Bonchev–Trinajstić information content (AvgIpc) is 2.27. The minimum absolute atomic E-state index is 0.120. The summed E-state index contributed by atoms with van der Waals surface area (Å²) in [5.74, 6) is 1.26. The smallest absolute Gasteiger partial charge is 0.162 e. The maximum atomic E-state index is 7.36. The van der Waals surface area contributed by atoms with E-state index in [0.717, 1.165) is 5.39 Å². The zero-order valence-corrected chi connectivity index (χ0v) is 8.00. The van der Waals surface area contributed by atoms with E-state index in [-0.39, 0.29) is 6.17 Å². The lowest BCUT2D eigenvalue weighted by Gasteiger charge is -2.07. The van der Waals surface area contributed by atoms with Crippen LogP contribution in [0.25, 0.3) is 10.9 Å². The Kier molecular flexibility index (Phi) is 1.92. The van der Waals surface area contributed by atoms with Crippen molar-refractivity contribution in [2.45, 2.75) is 0 Å². The third-order valence-electron chi connectivity index (χ3n) is 2.00. The van der Waals surface area contributed by atoms with Crippen LogP contribution in [0.4, 0.5) is 0 Å². The van der Waals surface area contributed by atoms with Crippen LogP contribution in [0.5, 0.6) is 11.5 Å². The van der Waals surface area contributed by atoms with Crippen molar-refractivity contribution in [3.05, 3.63) is 30.4 Å². The van der Waals surface area contributed by atoms with E-state index in [1.165, 1.54) is 0 Å². The molecule has 0 N–H and O–H groups in total. The van der Waals surface area contributed by atoms with Crippen molar-refractivity contribution in [3.8, 4) is 11.5 Å². The van der Waals surface area contributed by atoms with Crippen LogP contribution in [0, 0.1) is 6.07 Å². The summed E-state index contributed by atoms with van der Waals surface area (Å²) in [6, 6.07) is 8.00. The molecule has 0 saturated heterocycles. The number of hydrogen-bond donors (Lipinski definition) is 0. The van der Waals surface area contributed by atoms with E-state index in [1.807, 2.05) is 6.07 Å². The fraction of sp³-hybridized carbons (Fsp3) is 0.182. The number of methoxy groups -OCH3 is 2. The van der Waals surface area contributed by atoms with Gasteiger partial charge in [0.2, 0.25) is 0 Å². The van der Waals surface area contributed by atoms with Gasteiger partial charge in [0, 0.05) is 23.7 Å². The highest BCUT2D eigenvalue weighted by Crippen LogP contribution is 2.30. The molecular formula is C11H10NO2. The van der Waals surface area contributed by atoms with E-state index in [2.05, 4.69) is 11.1 Å². The first-order valence-corrected chi connectivity index (χ1v) is 4.15. The highest BCUT2D eigenvalue weighted by Gasteiger charge is 2.05. The molecule has 0 unspecified atom stereocenters. The molecule has 0 saturated carbocycles. The molecule has 14 heavy (non-hydrogen) atoms. The number of fused-ring (bicyclic) bond motifs is 1. The van der Waals surface area contributed by atoms with Gasteiger partial charge in [-0.2, -0.15) is 0 Å². The summed E-state index contributed by atoms with van der Waals surface area (Å²) in [6.45, 7) is 0. The summed E-state index contributed by atoms with van der Waals surface area (Å²) in [7, 11) is 3.15. The Bertz CT molecular complexity index is 499. The molecule has 0 aliphatic heterocycles. The number of pyridine rings is 1. The van der Waals surface area contributed by atoms with Crippen LogP contribution < -0.4 is 9.47 Å². The van der Waals surface area contributed by atoms with Gasteiger partial charge in [-0.05, 0) is 12.1 Å². The second-order valence-corrected chi connectivity index (χ2v) is 2.78. The molecule has 1 heterocycles. The van der Waals surface area contributed by atoms with Crippen LogP contribution >= 0.6 is 0 Å². The number of benzene rings is 1. The highest BCUT2D eigenvalue weighted by atomic mass is 16.5. The summed E-state index contributed by atoms with van der Waals surface area (Å²) >= 11 is 0. The monoisotopic (exact) mass is 190 g/mol. The molecule has 3 heteroatoms. The van der Waals surface area contributed by atoms with E-state index in [4.69, 9.17) is 10.8 Å². The lowest BCUT2D eigenvalue weighted by Crippen LogP contribution is -1.91. The summed E-state index contributed by atoms with van der Waals surface area (Å²) in [5, 5.41) is 0.878. The fourth-order valence-corrected chi connectivity index (χ4v) is 1.30. The minimum atomic E-state index is 0.120. The maximum absolute atomic E-state index is 7.36. The molecule has 71 valence electrons. The van der Waals surface area contributed by atoms with Gasteiger partial charge < -0.3 is 9.47 Å². The normalized spacial score (nSPS) is 11.1. The third-order valence-corrected chi connectivity index (χ3v) is 2.00. The van der Waals surface area contributed by atoms with E-state index >= 15 is 0 Å². The number of ether oxygens (including phenoxy) is 2. The topological polar surface area (TPSA) is 31.4 Å². The first kappa shape index (κ1) is 7.62. The van der Waals surface area contributed by atoms with Crippen molar-refractivity contribution < 1.29 is 10.8 Å². The van der Waals surface area contributed by atoms with E-state index in [1.54, 1.807) is 26.4 Å². The Morgan fingerprint density at radius 1 is 1.29 bits per heavy atom. The maximum Gasteiger partial charge on any atom is 0.162 e. The van der Waals surface area contributed by atoms with Gasteiger partial charge in [0.15, 0.2) is 11.5 Å². The van der Waals surface area contributed by atoms with Crippen molar-refractivity contribution in [1.82, 2.24) is 4.98 Å².